The molecule has 1 aromatic rings. The Morgan fingerprint density at radius 2 is 2.50 bits per heavy atom. The van der Waals surface area contributed by atoms with Gasteiger partial charge in [-0.15, -0.1) is 0 Å². The van der Waals surface area contributed by atoms with Crippen LogP contribution >= 0.6 is 11.6 Å². The number of carbonyl (C=O) groups excluding carboxylic acids is 1. The predicted octanol–water partition coefficient (Wildman–Crippen LogP) is 1.03. The van der Waals surface area contributed by atoms with Gasteiger partial charge in [-0.25, -0.2) is 4.79 Å². The molecule has 1 aromatic heterocycles. The van der Waals surface area contributed by atoms with E-state index in [9.17, 15) is 4.79 Å². The fourth-order valence-corrected chi connectivity index (χ4v) is 1.02. The topological polar surface area (TPSA) is 57.2 Å². The molecule has 0 aliphatic carbocycles. The first-order valence-corrected chi connectivity index (χ1v) is 3.83. The number of ether oxygens (including phenoxy) is 1. The van der Waals surface area contributed by atoms with Crippen LogP contribution < -0.4 is 5.84 Å². The summed E-state index contributed by atoms with van der Waals surface area (Å²) in [6.45, 7) is 2.05. The van der Waals surface area contributed by atoms with E-state index < -0.39 is 5.97 Å². The third-order valence-corrected chi connectivity index (χ3v) is 1.51. The summed E-state index contributed by atoms with van der Waals surface area (Å²) in [7, 11) is 0. The minimum absolute atomic E-state index is 0.252. The predicted molar refractivity (Wildman–Crippen MR) is 45.5 cm³/mol. The molecule has 0 radical (unpaired) electrons. The number of rotatable bonds is 2. The van der Waals surface area contributed by atoms with Crippen LogP contribution in [0.5, 0.6) is 0 Å². The van der Waals surface area contributed by atoms with Gasteiger partial charge in [-0.2, -0.15) is 0 Å². The van der Waals surface area contributed by atoms with Crippen molar-refractivity contribution in [3.8, 4) is 0 Å². The molecule has 5 heteroatoms. The van der Waals surface area contributed by atoms with Crippen molar-refractivity contribution in [1.82, 2.24) is 4.68 Å². The van der Waals surface area contributed by atoms with Crippen molar-refractivity contribution in [2.24, 2.45) is 0 Å². The highest BCUT2D eigenvalue weighted by molar-refractivity contribution is 6.30. The SMILES string of the molecule is CCOC(=O)c1cc(Cl)cn1N. The molecule has 4 nitrogen and oxygen atoms in total. The second-order valence-corrected chi connectivity index (χ2v) is 2.61. The summed E-state index contributed by atoms with van der Waals surface area (Å²) >= 11 is 5.60. The largest absolute Gasteiger partial charge is 0.461 e. The third-order valence-electron chi connectivity index (χ3n) is 1.30. The van der Waals surface area contributed by atoms with E-state index in [1.807, 2.05) is 0 Å². The number of hydrogen-bond donors (Lipinski definition) is 1. The van der Waals surface area contributed by atoms with Gasteiger partial charge in [0.1, 0.15) is 5.69 Å². The summed E-state index contributed by atoms with van der Waals surface area (Å²) in [4.78, 5) is 11.1. The Hall–Kier alpha value is -1.16. The van der Waals surface area contributed by atoms with Crippen molar-refractivity contribution >= 4 is 17.6 Å². The average molecular weight is 189 g/mol. The first-order valence-electron chi connectivity index (χ1n) is 3.45. The first kappa shape index (κ1) is 8.93. The molecule has 0 atom stereocenters. The number of nitrogen functional groups attached to an aromatic ring is 1. The van der Waals surface area contributed by atoms with Crippen LogP contribution in [0.15, 0.2) is 12.3 Å². The molecule has 1 heterocycles. The molecule has 0 saturated carbocycles. The van der Waals surface area contributed by atoms with Crippen molar-refractivity contribution in [2.75, 3.05) is 12.4 Å². The van der Waals surface area contributed by atoms with Gasteiger partial charge in [-0.1, -0.05) is 11.6 Å². The average Bonchev–Trinajstić information content (AvgIpc) is 2.30. The number of nitrogens with two attached hydrogens (primary N) is 1. The van der Waals surface area contributed by atoms with Gasteiger partial charge in [0.25, 0.3) is 0 Å². The molecule has 1 rings (SSSR count). The van der Waals surface area contributed by atoms with Crippen LogP contribution in [0.2, 0.25) is 5.02 Å². The highest BCUT2D eigenvalue weighted by Gasteiger charge is 2.11. The van der Waals surface area contributed by atoms with E-state index in [4.69, 9.17) is 22.2 Å². The molecule has 0 aliphatic heterocycles. The molecular weight excluding hydrogens is 180 g/mol. The van der Waals surface area contributed by atoms with Gasteiger partial charge in [-0.05, 0) is 13.0 Å². The van der Waals surface area contributed by atoms with Crippen LogP contribution in [-0.4, -0.2) is 17.3 Å². The molecule has 0 spiro atoms. The molecule has 0 saturated heterocycles. The van der Waals surface area contributed by atoms with E-state index in [1.54, 1.807) is 6.92 Å². The normalized spacial score (nSPS) is 9.83. The Kier molecular flexibility index (Phi) is 2.60. The fraction of sp³-hybridized carbons (Fsp3) is 0.286. The summed E-state index contributed by atoms with van der Waals surface area (Å²) < 4.78 is 5.86. The fourth-order valence-electron chi connectivity index (χ4n) is 0.814. The molecule has 0 unspecified atom stereocenters. The van der Waals surface area contributed by atoms with Crippen molar-refractivity contribution in [1.29, 1.82) is 0 Å². The standard InChI is InChI=1S/C7H9ClN2O2/c1-2-12-7(11)6-3-5(8)4-10(6)9/h3-4H,2,9H2,1H3. The van der Waals surface area contributed by atoms with Gasteiger partial charge in [-0.3, -0.25) is 4.68 Å². The molecular formula is C7H9ClN2O2. The van der Waals surface area contributed by atoms with Crippen molar-refractivity contribution < 1.29 is 9.53 Å². The molecule has 0 amide bonds. The van der Waals surface area contributed by atoms with E-state index in [1.165, 1.54) is 12.3 Å². The Morgan fingerprint density at radius 1 is 1.83 bits per heavy atom. The number of nitrogens with zero attached hydrogens (tertiary/aromatic N) is 1. The lowest BCUT2D eigenvalue weighted by molar-refractivity contribution is 0.0516. The first-order chi connectivity index (χ1) is 5.65. The number of hydrogen-bond acceptors (Lipinski definition) is 3. The Morgan fingerprint density at radius 3 is 2.92 bits per heavy atom. The monoisotopic (exact) mass is 188 g/mol. The lowest BCUT2D eigenvalue weighted by atomic mass is 10.4. The molecule has 66 valence electrons. The molecule has 0 fully saturated rings. The van der Waals surface area contributed by atoms with Crippen LogP contribution in [0.1, 0.15) is 17.4 Å². The second kappa shape index (κ2) is 3.49. The Labute approximate surface area is 74.8 Å². The van der Waals surface area contributed by atoms with Crippen LogP contribution in [0, 0.1) is 0 Å². The van der Waals surface area contributed by atoms with Gasteiger partial charge >= 0.3 is 5.97 Å². The van der Waals surface area contributed by atoms with Gasteiger partial charge < -0.3 is 10.6 Å². The summed E-state index contributed by atoms with van der Waals surface area (Å²) in [5, 5.41) is 0.417. The zero-order chi connectivity index (χ0) is 9.14. The lowest BCUT2D eigenvalue weighted by Gasteiger charge is -2.01. The Balaban J connectivity index is 2.87. The molecule has 0 aromatic carbocycles. The van der Waals surface area contributed by atoms with E-state index in [2.05, 4.69) is 0 Å². The van der Waals surface area contributed by atoms with Crippen LogP contribution in [-0.2, 0) is 4.74 Å². The third kappa shape index (κ3) is 1.71. The number of halogens is 1. The number of aromatic nitrogens is 1. The molecule has 0 aliphatic rings. The zero-order valence-electron chi connectivity index (χ0n) is 6.58. The number of carbonyl (C=O) groups is 1. The maximum Gasteiger partial charge on any atom is 0.356 e. The van der Waals surface area contributed by atoms with E-state index in [0.717, 1.165) is 4.68 Å². The Bertz CT molecular complexity index is 296. The van der Waals surface area contributed by atoms with Crippen LogP contribution in [0.4, 0.5) is 0 Å². The number of esters is 1. The van der Waals surface area contributed by atoms with E-state index >= 15 is 0 Å². The highest BCUT2D eigenvalue weighted by atomic mass is 35.5. The smallest absolute Gasteiger partial charge is 0.356 e. The summed E-state index contributed by atoms with van der Waals surface area (Å²) in [5.74, 6) is 4.94. The van der Waals surface area contributed by atoms with Crippen molar-refractivity contribution in [2.45, 2.75) is 6.92 Å². The summed E-state index contributed by atoms with van der Waals surface area (Å²) in [5.41, 5.74) is 0.252. The van der Waals surface area contributed by atoms with Crippen molar-refractivity contribution in [3.63, 3.8) is 0 Å². The summed E-state index contributed by atoms with van der Waals surface area (Å²) in [6, 6.07) is 1.46. The van der Waals surface area contributed by atoms with Crippen LogP contribution in [0.25, 0.3) is 0 Å². The quantitative estimate of drug-likeness (QED) is 0.557. The second-order valence-electron chi connectivity index (χ2n) is 2.17. The van der Waals surface area contributed by atoms with Gasteiger partial charge in [0.15, 0.2) is 0 Å². The highest BCUT2D eigenvalue weighted by Crippen LogP contribution is 2.12. The molecule has 0 bridgehead atoms. The minimum Gasteiger partial charge on any atom is -0.461 e. The molecule has 12 heavy (non-hydrogen) atoms. The van der Waals surface area contributed by atoms with E-state index in [-0.39, 0.29) is 5.69 Å². The van der Waals surface area contributed by atoms with Gasteiger partial charge in [0.2, 0.25) is 0 Å². The van der Waals surface area contributed by atoms with Gasteiger partial charge in [0.05, 0.1) is 11.6 Å². The van der Waals surface area contributed by atoms with E-state index in [0.29, 0.717) is 11.6 Å². The zero-order valence-corrected chi connectivity index (χ0v) is 7.34. The lowest BCUT2D eigenvalue weighted by Crippen LogP contribution is -2.16. The summed E-state index contributed by atoms with van der Waals surface area (Å²) in [6.07, 6.45) is 1.44. The maximum atomic E-state index is 11.1. The van der Waals surface area contributed by atoms with Crippen molar-refractivity contribution in [3.05, 3.63) is 23.0 Å². The minimum atomic E-state index is -0.466. The molecule has 2 N–H and O–H groups in total. The van der Waals surface area contributed by atoms with Crippen LogP contribution in [0.3, 0.4) is 0 Å². The maximum absolute atomic E-state index is 11.1. The van der Waals surface area contributed by atoms with Gasteiger partial charge in [0, 0.05) is 6.20 Å².